The van der Waals surface area contributed by atoms with Crippen molar-refractivity contribution in [3.8, 4) is 0 Å². The fourth-order valence-corrected chi connectivity index (χ4v) is 3.60. The number of amides is 1. The van der Waals surface area contributed by atoms with E-state index in [4.69, 9.17) is 9.47 Å². The molecule has 1 aliphatic heterocycles. The maximum Gasteiger partial charge on any atom is 0.408 e. The molecule has 0 aromatic rings. The predicted molar refractivity (Wildman–Crippen MR) is 143 cm³/mol. The van der Waals surface area contributed by atoms with Crippen LogP contribution in [0.2, 0.25) is 0 Å². The Balaban J connectivity index is 0.00000961. The van der Waals surface area contributed by atoms with Crippen LogP contribution in [0.15, 0.2) is 4.99 Å². The number of guanidine groups is 1. The molecule has 0 saturated carbocycles. The second-order valence-electron chi connectivity index (χ2n) is 9.72. The fraction of sp³-hybridized carbons (Fsp3) is 0.913. The third kappa shape index (κ3) is 12.4. The van der Waals surface area contributed by atoms with Gasteiger partial charge in [-0.1, -0.05) is 13.8 Å². The van der Waals surface area contributed by atoms with Gasteiger partial charge in [-0.15, -0.1) is 24.0 Å². The maximum atomic E-state index is 12.3. The minimum absolute atomic E-state index is 0. The summed E-state index contributed by atoms with van der Waals surface area (Å²) in [4.78, 5) is 19.2. The molecule has 1 amide bonds. The number of hydrogen-bond acceptors (Lipinski definition) is 5. The van der Waals surface area contributed by atoms with Crippen molar-refractivity contribution in [2.45, 2.75) is 97.4 Å². The number of hydrogen-bond donors (Lipinski definition) is 3. The molecule has 190 valence electrons. The van der Waals surface area contributed by atoms with Crippen molar-refractivity contribution < 1.29 is 14.3 Å². The van der Waals surface area contributed by atoms with Crippen LogP contribution in [0, 0.1) is 0 Å². The van der Waals surface area contributed by atoms with E-state index in [2.05, 4.69) is 53.5 Å². The van der Waals surface area contributed by atoms with Crippen molar-refractivity contribution in [3.05, 3.63) is 0 Å². The molecule has 1 heterocycles. The topological polar surface area (TPSA) is 87.2 Å². The van der Waals surface area contributed by atoms with E-state index in [9.17, 15) is 4.79 Å². The Kier molecular flexibility index (Phi) is 14.8. The quantitative estimate of drug-likeness (QED) is 0.211. The first-order chi connectivity index (χ1) is 14.5. The first-order valence-corrected chi connectivity index (χ1v) is 11.8. The summed E-state index contributed by atoms with van der Waals surface area (Å²) in [5, 5.41) is 10.0. The van der Waals surface area contributed by atoms with Gasteiger partial charge in [-0.3, -0.25) is 4.99 Å². The van der Waals surface area contributed by atoms with E-state index in [0.29, 0.717) is 12.6 Å². The highest BCUT2D eigenvalue weighted by molar-refractivity contribution is 14.0. The lowest BCUT2D eigenvalue weighted by molar-refractivity contribution is 0.0448. The Labute approximate surface area is 213 Å². The van der Waals surface area contributed by atoms with E-state index < -0.39 is 5.60 Å². The second-order valence-corrected chi connectivity index (χ2v) is 9.72. The molecule has 0 unspecified atom stereocenters. The Hall–Kier alpha value is -0.810. The molecule has 32 heavy (non-hydrogen) atoms. The molecule has 0 radical (unpaired) electrons. The van der Waals surface area contributed by atoms with Crippen LogP contribution in [0.5, 0.6) is 0 Å². The summed E-state index contributed by atoms with van der Waals surface area (Å²) in [6.07, 6.45) is 3.65. The third-order valence-corrected chi connectivity index (χ3v) is 5.72. The number of halogens is 1. The molecule has 0 bridgehead atoms. The summed E-state index contributed by atoms with van der Waals surface area (Å²) in [5.41, 5.74) is -0.905. The number of piperidine rings is 1. The van der Waals surface area contributed by atoms with Crippen molar-refractivity contribution in [3.63, 3.8) is 0 Å². The molecule has 1 aliphatic rings. The van der Waals surface area contributed by atoms with E-state index in [0.717, 1.165) is 57.9 Å². The van der Waals surface area contributed by atoms with Gasteiger partial charge in [-0.2, -0.15) is 0 Å². The van der Waals surface area contributed by atoms with Gasteiger partial charge < -0.3 is 30.3 Å². The Morgan fingerprint density at radius 3 is 2.22 bits per heavy atom. The first-order valence-electron chi connectivity index (χ1n) is 11.8. The number of aliphatic imine (C=N–C) groups is 1. The van der Waals surface area contributed by atoms with E-state index in [-0.39, 0.29) is 41.7 Å². The summed E-state index contributed by atoms with van der Waals surface area (Å²) in [6, 6.07) is 0.393. The molecule has 1 fully saturated rings. The molecule has 0 aliphatic carbocycles. The molecule has 0 spiro atoms. The van der Waals surface area contributed by atoms with Gasteiger partial charge in [0.05, 0.1) is 18.2 Å². The molecular formula is C23H48IN5O3. The average Bonchev–Trinajstić information content (AvgIpc) is 2.69. The van der Waals surface area contributed by atoms with E-state index in [1.54, 1.807) is 7.05 Å². The van der Waals surface area contributed by atoms with Crippen LogP contribution < -0.4 is 16.0 Å². The number of nitrogens with one attached hydrogen (secondary N) is 3. The van der Waals surface area contributed by atoms with Crippen molar-refractivity contribution in [2.24, 2.45) is 4.99 Å². The summed E-state index contributed by atoms with van der Waals surface area (Å²) >= 11 is 0. The van der Waals surface area contributed by atoms with Crippen molar-refractivity contribution in [1.82, 2.24) is 20.9 Å². The zero-order chi connectivity index (χ0) is 23.5. The monoisotopic (exact) mass is 569 g/mol. The van der Waals surface area contributed by atoms with Crippen LogP contribution in [-0.2, 0) is 9.47 Å². The largest absolute Gasteiger partial charge is 0.444 e. The smallest absolute Gasteiger partial charge is 0.408 e. The molecule has 1 rings (SSSR count). The van der Waals surface area contributed by atoms with Gasteiger partial charge in [0.15, 0.2) is 5.96 Å². The van der Waals surface area contributed by atoms with Gasteiger partial charge >= 0.3 is 6.09 Å². The number of nitrogens with zero attached hydrogens (tertiary/aromatic N) is 2. The van der Waals surface area contributed by atoms with Crippen LogP contribution in [0.25, 0.3) is 0 Å². The Bertz CT molecular complexity index is 554. The lowest BCUT2D eigenvalue weighted by Crippen LogP contribution is -2.58. The summed E-state index contributed by atoms with van der Waals surface area (Å²) in [7, 11) is 1.79. The number of ether oxygens (including phenoxy) is 2. The SMILES string of the molecule is CCC(CC)(CNC(=NC)NC1CCN(CCOC(C)C)CC1)NC(=O)OC(C)(C)C.I. The Morgan fingerprint density at radius 2 is 1.75 bits per heavy atom. The van der Waals surface area contributed by atoms with Crippen LogP contribution >= 0.6 is 24.0 Å². The van der Waals surface area contributed by atoms with E-state index in [1.807, 2.05) is 20.8 Å². The van der Waals surface area contributed by atoms with Crippen LogP contribution in [0.1, 0.15) is 74.1 Å². The number of carbonyl (C=O) groups is 1. The van der Waals surface area contributed by atoms with Gasteiger partial charge in [0.1, 0.15) is 5.60 Å². The second kappa shape index (κ2) is 15.2. The van der Waals surface area contributed by atoms with Gasteiger partial charge in [-0.25, -0.2) is 4.79 Å². The van der Waals surface area contributed by atoms with Crippen molar-refractivity contribution >= 4 is 36.0 Å². The number of alkyl carbamates (subject to hydrolysis) is 1. The normalized spacial score (nSPS) is 16.5. The van der Waals surface area contributed by atoms with E-state index >= 15 is 0 Å². The molecule has 1 saturated heterocycles. The molecule has 9 heteroatoms. The summed E-state index contributed by atoms with van der Waals surface area (Å²) in [6.45, 7) is 18.4. The number of likely N-dealkylation sites (tertiary alicyclic amines) is 1. The highest BCUT2D eigenvalue weighted by Gasteiger charge is 2.31. The number of rotatable bonds is 10. The fourth-order valence-electron chi connectivity index (χ4n) is 3.60. The molecule has 8 nitrogen and oxygen atoms in total. The molecule has 0 aromatic heterocycles. The van der Waals surface area contributed by atoms with Crippen LogP contribution in [-0.4, -0.2) is 80.1 Å². The lowest BCUT2D eigenvalue weighted by atomic mass is 9.93. The van der Waals surface area contributed by atoms with Crippen LogP contribution in [0.3, 0.4) is 0 Å². The average molecular weight is 570 g/mol. The zero-order valence-corrected chi connectivity index (χ0v) is 23.9. The minimum Gasteiger partial charge on any atom is -0.444 e. The lowest BCUT2D eigenvalue weighted by Gasteiger charge is -2.36. The van der Waals surface area contributed by atoms with Gasteiger partial charge in [0.25, 0.3) is 0 Å². The Morgan fingerprint density at radius 1 is 1.16 bits per heavy atom. The van der Waals surface area contributed by atoms with E-state index in [1.165, 1.54) is 0 Å². The van der Waals surface area contributed by atoms with Crippen molar-refractivity contribution in [2.75, 3.05) is 39.8 Å². The van der Waals surface area contributed by atoms with Gasteiger partial charge in [0, 0.05) is 39.3 Å². The van der Waals surface area contributed by atoms with Gasteiger partial charge in [0.2, 0.25) is 0 Å². The summed E-state index contributed by atoms with van der Waals surface area (Å²) < 4.78 is 11.1. The standard InChI is InChI=1S/C23H47N5O3.HI/c1-9-23(10-2,27-21(29)31-22(5,6)7)17-25-20(24-8)26-19-11-13-28(14-12-19)15-16-30-18(3)4;/h18-19H,9-17H2,1-8H3,(H,27,29)(H2,24,25,26);1H. The minimum atomic E-state index is -0.516. The van der Waals surface area contributed by atoms with Crippen LogP contribution in [0.4, 0.5) is 4.79 Å². The highest BCUT2D eigenvalue weighted by atomic mass is 127. The molecule has 0 aromatic carbocycles. The number of carbonyl (C=O) groups excluding carboxylic acids is 1. The summed E-state index contributed by atoms with van der Waals surface area (Å²) in [5.74, 6) is 0.777. The zero-order valence-electron chi connectivity index (χ0n) is 21.5. The first kappa shape index (κ1) is 31.2. The van der Waals surface area contributed by atoms with Crippen molar-refractivity contribution in [1.29, 1.82) is 0 Å². The molecular weight excluding hydrogens is 521 g/mol. The molecule has 3 N–H and O–H groups in total. The highest BCUT2D eigenvalue weighted by Crippen LogP contribution is 2.16. The predicted octanol–water partition coefficient (Wildman–Crippen LogP) is 3.74. The third-order valence-electron chi connectivity index (χ3n) is 5.72. The van der Waals surface area contributed by atoms with Gasteiger partial charge in [-0.05, 0) is 60.3 Å². The molecule has 0 atom stereocenters. The maximum absolute atomic E-state index is 12.3.